The largest absolute Gasteiger partial charge is 0.454 e. The van der Waals surface area contributed by atoms with Crippen molar-refractivity contribution in [1.29, 1.82) is 0 Å². The average molecular weight is 1220 g/mol. The van der Waals surface area contributed by atoms with Crippen molar-refractivity contribution in [3.8, 4) is 0 Å². The molecule has 11 nitrogen and oxygen atoms in total. The Morgan fingerprint density at radius 3 is 1.26 bits per heavy atom. The van der Waals surface area contributed by atoms with E-state index >= 15 is 0 Å². The Labute approximate surface area is 532 Å². The zero-order valence-corrected chi connectivity index (χ0v) is 55.6. The standard InChI is InChI=1S/C76H131NO10/c1-4-7-10-13-16-19-22-25-27-29-31-33-34-35-37-38-40-42-45-48-51-54-57-60-63-69(80)75(84)77-67(68(79)62-59-56-53-50-47-44-24-21-18-15-12-9-6-3)66-85-76-74(73(83)72(82)70(65-78)86-76)87-71(81)64-61-58-55-52-49-46-43-41-39-36-32-30-28-26-23-20-17-14-11-8-5-2/h7,10,16-17,19-20,25-28,31-33,35-37,59,62,67-70,72-74,76,78-80,82-83H,4-6,8-9,11-15,18,21-24,29-30,34,38-58,60-61,63-66H2,1-3H3,(H,77,84)/b10-7-,19-16-,20-17-,27-25-,28-26-,33-31-,36-32-,37-35-,62-59+. The molecule has 6 N–H and O–H groups in total. The van der Waals surface area contributed by atoms with E-state index in [0.717, 1.165) is 128 Å². The number of rotatable bonds is 60. The smallest absolute Gasteiger partial charge is 0.306 e. The van der Waals surface area contributed by atoms with Gasteiger partial charge in [0.1, 0.15) is 24.4 Å². The van der Waals surface area contributed by atoms with Crippen LogP contribution in [0, 0.1) is 0 Å². The molecule has 1 aliphatic heterocycles. The van der Waals surface area contributed by atoms with Crippen LogP contribution in [-0.4, -0.2) is 99.6 Å². The monoisotopic (exact) mass is 1220 g/mol. The van der Waals surface area contributed by atoms with Gasteiger partial charge in [-0.3, -0.25) is 9.59 Å². The van der Waals surface area contributed by atoms with Gasteiger partial charge in [0.2, 0.25) is 5.91 Å². The summed E-state index contributed by atoms with van der Waals surface area (Å²) in [5.74, 6) is -1.21. The lowest BCUT2D eigenvalue weighted by Gasteiger charge is -2.41. The molecule has 11 heteroatoms. The number of allylic oxidation sites excluding steroid dienone is 17. The number of aliphatic hydroxyl groups is 5. The van der Waals surface area contributed by atoms with Gasteiger partial charge in [0.05, 0.1) is 25.4 Å². The quantitative estimate of drug-likeness (QED) is 0.0195. The first-order valence-corrected chi connectivity index (χ1v) is 35.7. The highest BCUT2D eigenvalue weighted by Gasteiger charge is 2.47. The molecule has 87 heavy (non-hydrogen) atoms. The van der Waals surface area contributed by atoms with Crippen LogP contribution >= 0.6 is 0 Å². The van der Waals surface area contributed by atoms with Crippen molar-refractivity contribution in [3.63, 3.8) is 0 Å². The van der Waals surface area contributed by atoms with Crippen LogP contribution in [0.15, 0.2) is 109 Å². The number of hydrogen-bond donors (Lipinski definition) is 6. The topological polar surface area (TPSA) is 175 Å². The normalized spacial score (nSPS) is 18.9. The Balaban J connectivity index is 2.61. The number of nitrogens with one attached hydrogen (secondary N) is 1. The molecule has 0 saturated carbocycles. The Hall–Kier alpha value is -3.68. The van der Waals surface area contributed by atoms with Crippen LogP contribution in [0.4, 0.5) is 0 Å². The second-order valence-electron chi connectivity index (χ2n) is 24.2. The lowest BCUT2D eigenvalue weighted by atomic mass is 9.99. The molecule has 0 aromatic heterocycles. The maximum absolute atomic E-state index is 13.5. The fourth-order valence-electron chi connectivity index (χ4n) is 10.6. The second kappa shape index (κ2) is 62.5. The van der Waals surface area contributed by atoms with Crippen molar-refractivity contribution in [3.05, 3.63) is 109 Å². The van der Waals surface area contributed by atoms with E-state index < -0.39 is 67.4 Å². The van der Waals surface area contributed by atoms with Gasteiger partial charge in [0.15, 0.2) is 12.4 Å². The summed E-state index contributed by atoms with van der Waals surface area (Å²) >= 11 is 0. The van der Waals surface area contributed by atoms with E-state index in [0.29, 0.717) is 12.8 Å². The maximum Gasteiger partial charge on any atom is 0.306 e. The summed E-state index contributed by atoms with van der Waals surface area (Å²) in [6.45, 7) is 5.67. The van der Waals surface area contributed by atoms with Crippen molar-refractivity contribution in [2.75, 3.05) is 13.2 Å². The third-order valence-corrected chi connectivity index (χ3v) is 16.2. The predicted octanol–water partition coefficient (Wildman–Crippen LogP) is 18.4. The molecule has 0 aliphatic carbocycles. The SMILES string of the molecule is CC/C=C\C/C=C\C/C=C\C/C=C\C/C=C\CCCCCCCCCCC(O)C(=O)NC(COC1OC(CO)C(O)C(O)C1OC(=O)CCCCCCCCCC/C=C\C/C=C\C/C=C\CCCCC)C(O)/C=C/CCCCCCCCCCCCC. The number of carbonyl (C=O) groups excluding carboxylic acids is 2. The van der Waals surface area contributed by atoms with Crippen LogP contribution in [0.3, 0.4) is 0 Å². The van der Waals surface area contributed by atoms with Gasteiger partial charge in [-0.2, -0.15) is 0 Å². The maximum atomic E-state index is 13.5. The number of unbranched alkanes of at least 4 members (excludes halogenated alkanes) is 30. The Bertz CT molecular complexity index is 1830. The van der Waals surface area contributed by atoms with Crippen molar-refractivity contribution >= 4 is 11.9 Å². The van der Waals surface area contributed by atoms with E-state index in [9.17, 15) is 35.1 Å². The molecular formula is C76H131NO10. The third kappa shape index (κ3) is 49.7. The lowest BCUT2D eigenvalue weighted by Crippen LogP contribution is -2.61. The van der Waals surface area contributed by atoms with Crippen molar-refractivity contribution in [2.45, 2.75) is 346 Å². The van der Waals surface area contributed by atoms with E-state index in [-0.39, 0.29) is 19.4 Å². The number of amides is 1. The highest BCUT2D eigenvalue weighted by Crippen LogP contribution is 2.26. The van der Waals surface area contributed by atoms with Crippen LogP contribution < -0.4 is 5.32 Å². The Morgan fingerprint density at radius 1 is 0.460 bits per heavy atom. The molecule has 0 bridgehead atoms. The minimum Gasteiger partial charge on any atom is -0.454 e. The molecule has 1 heterocycles. The minimum atomic E-state index is -1.62. The van der Waals surface area contributed by atoms with Crippen molar-refractivity contribution in [1.82, 2.24) is 5.32 Å². The first-order chi connectivity index (χ1) is 42.7. The second-order valence-corrected chi connectivity index (χ2v) is 24.2. The van der Waals surface area contributed by atoms with Gasteiger partial charge in [-0.1, -0.05) is 291 Å². The molecule has 0 radical (unpaired) electrons. The van der Waals surface area contributed by atoms with Crippen LogP contribution in [0.25, 0.3) is 0 Å². The highest BCUT2D eigenvalue weighted by atomic mass is 16.7. The van der Waals surface area contributed by atoms with E-state index in [2.05, 4.69) is 123 Å². The summed E-state index contributed by atoms with van der Waals surface area (Å²) in [6.07, 6.45) is 75.4. The van der Waals surface area contributed by atoms with Crippen molar-refractivity contribution < 1.29 is 49.3 Å². The van der Waals surface area contributed by atoms with Gasteiger partial charge < -0.3 is 45.1 Å². The van der Waals surface area contributed by atoms with Crippen molar-refractivity contribution in [2.24, 2.45) is 0 Å². The van der Waals surface area contributed by atoms with Gasteiger partial charge >= 0.3 is 5.97 Å². The Kier molecular flexibility index (Phi) is 58.4. The Morgan fingerprint density at radius 2 is 0.828 bits per heavy atom. The summed E-state index contributed by atoms with van der Waals surface area (Å²) in [7, 11) is 0. The molecule has 0 spiro atoms. The summed E-state index contributed by atoms with van der Waals surface area (Å²) < 4.78 is 17.7. The number of carbonyl (C=O) groups is 2. The van der Waals surface area contributed by atoms with Crippen LogP contribution in [0.5, 0.6) is 0 Å². The summed E-state index contributed by atoms with van der Waals surface area (Å²) in [5.41, 5.74) is 0. The van der Waals surface area contributed by atoms with E-state index in [4.69, 9.17) is 14.2 Å². The molecule has 1 aliphatic rings. The fourth-order valence-corrected chi connectivity index (χ4v) is 10.6. The molecule has 8 atom stereocenters. The van der Waals surface area contributed by atoms with E-state index in [1.165, 1.54) is 122 Å². The van der Waals surface area contributed by atoms with Gasteiger partial charge in [-0.05, 0) is 109 Å². The van der Waals surface area contributed by atoms with E-state index in [1.54, 1.807) is 6.08 Å². The predicted molar refractivity (Wildman–Crippen MR) is 365 cm³/mol. The summed E-state index contributed by atoms with van der Waals surface area (Å²) in [4.78, 5) is 26.7. The van der Waals surface area contributed by atoms with Gasteiger partial charge in [-0.25, -0.2) is 0 Å². The summed E-state index contributed by atoms with van der Waals surface area (Å²) in [5, 5.41) is 57.3. The first kappa shape index (κ1) is 81.3. The molecule has 1 amide bonds. The number of hydrogen-bond acceptors (Lipinski definition) is 10. The van der Waals surface area contributed by atoms with Gasteiger partial charge in [0, 0.05) is 6.42 Å². The third-order valence-electron chi connectivity index (χ3n) is 16.2. The highest BCUT2D eigenvalue weighted by molar-refractivity contribution is 5.80. The number of esters is 1. The van der Waals surface area contributed by atoms with Gasteiger partial charge in [0.25, 0.3) is 0 Å². The molecule has 0 aromatic rings. The molecule has 8 unspecified atom stereocenters. The van der Waals surface area contributed by atoms with Crippen LogP contribution in [0.1, 0.15) is 297 Å². The minimum absolute atomic E-state index is 0.110. The molecule has 0 aromatic carbocycles. The first-order valence-electron chi connectivity index (χ1n) is 35.7. The van der Waals surface area contributed by atoms with E-state index in [1.807, 2.05) is 6.08 Å². The molecule has 1 saturated heterocycles. The number of aliphatic hydroxyl groups excluding tert-OH is 5. The van der Waals surface area contributed by atoms with Crippen LogP contribution in [0.2, 0.25) is 0 Å². The number of ether oxygens (including phenoxy) is 3. The zero-order valence-electron chi connectivity index (χ0n) is 55.6. The van der Waals surface area contributed by atoms with Gasteiger partial charge in [-0.15, -0.1) is 0 Å². The lowest BCUT2D eigenvalue weighted by molar-refractivity contribution is -0.305. The fraction of sp³-hybridized carbons (Fsp3) is 0.737. The average Bonchev–Trinajstić information content (AvgIpc) is 1.53. The molecular weight excluding hydrogens is 1090 g/mol. The molecule has 1 rings (SSSR count). The molecule has 1 fully saturated rings. The van der Waals surface area contributed by atoms with Crippen LogP contribution in [-0.2, 0) is 23.8 Å². The molecule has 500 valence electrons. The zero-order chi connectivity index (χ0) is 63.1. The summed E-state index contributed by atoms with van der Waals surface area (Å²) in [6, 6.07) is -1.04.